The van der Waals surface area contributed by atoms with E-state index in [1.54, 1.807) is 19.2 Å². The molecule has 0 saturated carbocycles. The molecule has 2 fully saturated rings. The van der Waals surface area contributed by atoms with Crippen molar-refractivity contribution in [3.8, 4) is 5.75 Å². The lowest BCUT2D eigenvalue weighted by Gasteiger charge is -2.51. The van der Waals surface area contributed by atoms with E-state index in [2.05, 4.69) is 40.4 Å². The predicted octanol–water partition coefficient (Wildman–Crippen LogP) is 7.37. The van der Waals surface area contributed by atoms with Crippen LogP contribution in [0.2, 0.25) is 18.1 Å². The Morgan fingerprint density at radius 2 is 1.62 bits per heavy atom. The zero-order valence-corrected chi connectivity index (χ0v) is 29.8. The third-order valence-corrected chi connectivity index (χ3v) is 13.6. The van der Waals surface area contributed by atoms with Gasteiger partial charge in [-0.05, 0) is 47.5 Å². The SMILES string of the molecule is C=CCOC(=O)c1ccccc1CO[C@H]1O[C@@H]2CO[C@@H](c3ccccc3)O[C@H]2[C@H](OCc2ccc(OC)cc2)[C@@H]1O[Si](C)(C)C(C)(C)C. The van der Waals surface area contributed by atoms with E-state index in [9.17, 15) is 4.79 Å². The van der Waals surface area contributed by atoms with Crippen molar-refractivity contribution in [1.82, 2.24) is 0 Å². The van der Waals surface area contributed by atoms with Crippen LogP contribution < -0.4 is 4.74 Å². The fraction of sp³-hybridized carbons (Fsp3) is 0.447. The molecule has 0 amide bonds. The average molecular weight is 677 g/mol. The monoisotopic (exact) mass is 676 g/mol. The zero-order valence-electron chi connectivity index (χ0n) is 28.8. The second-order valence-electron chi connectivity index (χ2n) is 13.5. The largest absolute Gasteiger partial charge is 0.497 e. The van der Waals surface area contributed by atoms with Crippen LogP contribution in [0.15, 0.2) is 91.5 Å². The number of fused-ring (bicyclic) bond motifs is 1. The molecular formula is C38H48O9Si. The highest BCUT2D eigenvalue weighted by Gasteiger charge is 2.54. The van der Waals surface area contributed by atoms with E-state index < -0.39 is 51.3 Å². The maximum atomic E-state index is 12.8. The van der Waals surface area contributed by atoms with E-state index in [-0.39, 0.29) is 24.9 Å². The van der Waals surface area contributed by atoms with Gasteiger partial charge in [0, 0.05) is 5.56 Å². The Labute approximate surface area is 285 Å². The van der Waals surface area contributed by atoms with Crippen LogP contribution in [0.3, 0.4) is 0 Å². The average Bonchev–Trinajstić information content (AvgIpc) is 3.09. The number of methoxy groups -OCH3 is 1. The van der Waals surface area contributed by atoms with Gasteiger partial charge in [0.05, 0.1) is 32.5 Å². The third kappa shape index (κ3) is 8.62. The van der Waals surface area contributed by atoms with Gasteiger partial charge < -0.3 is 37.6 Å². The van der Waals surface area contributed by atoms with Crippen LogP contribution in [0.4, 0.5) is 0 Å². The van der Waals surface area contributed by atoms with Crippen LogP contribution >= 0.6 is 0 Å². The molecule has 2 saturated heterocycles. The second-order valence-corrected chi connectivity index (χ2v) is 18.3. The molecule has 0 aliphatic carbocycles. The zero-order chi connectivity index (χ0) is 34.3. The molecule has 5 rings (SSSR count). The summed E-state index contributed by atoms with van der Waals surface area (Å²) in [5.41, 5.74) is 2.96. The number of hydrogen-bond donors (Lipinski definition) is 0. The van der Waals surface area contributed by atoms with E-state index in [4.69, 9.17) is 37.6 Å². The van der Waals surface area contributed by atoms with Gasteiger partial charge in [-0.15, -0.1) is 0 Å². The summed E-state index contributed by atoms with van der Waals surface area (Å²) < 4.78 is 50.6. The minimum atomic E-state index is -2.41. The second kappa shape index (κ2) is 15.9. The van der Waals surface area contributed by atoms with E-state index in [1.165, 1.54) is 6.08 Å². The number of rotatable bonds is 13. The van der Waals surface area contributed by atoms with Gasteiger partial charge in [-0.1, -0.05) is 94.1 Å². The number of esters is 1. The van der Waals surface area contributed by atoms with Crippen molar-refractivity contribution >= 4 is 14.3 Å². The normalized spacial score (nSPS) is 24.4. The van der Waals surface area contributed by atoms with Crippen LogP contribution in [0.1, 0.15) is 54.1 Å². The summed E-state index contributed by atoms with van der Waals surface area (Å²) >= 11 is 0. The molecular weight excluding hydrogens is 628 g/mol. The molecule has 0 aromatic heterocycles. The first kappa shape index (κ1) is 35.9. The van der Waals surface area contributed by atoms with Crippen LogP contribution in [0.5, 0.6) is 5.75 Å². The first-order valence-corrected chi connectivity index (χ1v) is 19.3. The van der Waals surface area contributed by atoms with Gasteiger partial charge >= 0.3 is 5.97 Å². The summed E-state index contributed by atoms with van der Waals surface area (Å²) in [6, 6.07) is 24.8. The Kier molecular flexibility index (Phi) is 11.9. The first-order valence-electron chi connectivity index (χ1n) is 16.4. The maximum Gasteiger partial charge on any atom is 0.338 e. The van der Waals surface area contributed by atoms with Crippen molar-refractivity contribution in [3.05, 3.63) is 114 Å². The third-order valence-electron chi connectivity index (χ3n) is 9.17. The van der Waals surface area contributed by atoms with Crippen LogP contribution in [0, 0.1) is 0 Å². The summed E-state index contributed by atoms with van der Waals surface area (Å²) in [7, 11) is -0.769. The smallest absolute Gasteiger partial charge is 0.338 e. The molecule has 10 heteroatoms. The molecule has 2 aliphatic rings. The van der Waals surface area contributed by atoms with E-state index in [1.807, 2.05) is 66.7 Å². The van der Waals surface area contributed by atoms with Gasteiger partial charge in [-0.25, -0.2) is 4.79 Å². The van der Waals surface area contributed by atoms with Crippen molar-refractivity contribution in [2.24, 2.45) is 0 Å². The van der Waals surface area contributed by atoms with Crippen LogP contribution in [0.25, 0.3) is 0 Å². The number of carbonyl (C=O) groups excluding carboxylic acids is 1. The standard InChI is InChI=1S/C38H48O9Si/c1-8-22-41-35(39)30-17-13-12-16-28(30)24-43-37-34(47-48(6,7)38(2,3)4)33(42-23-26-18-20-29(40-5)21-19-26)32-31(45-37)25-44-36(46-32)27-14-10-9-11-15-27/h8-21,31-34,36-37H,1,22-25H2,2-7H3/t31-,32-,33+,34+,36-,37+/m1/s1. The Morgan fingerprint density at radius 1 is 0.917 bits per heavy atom. The van der Waals surface area contributed by atoms with Crippen LogP contribution in [-0.4, -0.2) is 65.3 Å². The lowest BCUT2D eigenvalue weighted by molar-refractivity contribution is -0.366. The highest BCUT2D eigenvalue weighted by molar-refractivity contribution is 6.74. The van der Waals surface area contributed by atoms with Crippen LogP contribution in [-0.2, 0) is 46.1 Å². The maximum absolute atomic E-state index is 12.8. The number of ether oxygens (including phenoxy) is 7. The minimum absolute atomic E-state index is 0.0817. The first-order chi connectivity index (χ1) is 23.0. The molecule has 0 spiro atoms. The minimum Gasteiger partial charge on any atom is -0.497 e. The molecule has 0 radical (unpaired) electrons. The van der Waals surface area contributed by atoms with Gasteiger partial charge in [0.1, 0.15) is 36.8 Å². The van der Waals surface area contributed by atoms with Gasteiger partial charge in [-0.3, -0.25) is 0 Å². The summed E-state index contributed by atoms with van der Waals surface area (Å²) in [4.78, 5) is 12.8. The Bertz CT molecular complexity index is 1490. The summed E-state index contributed by atoms with van der Waals surface area (Å²) in [6.07, 6.45) is -2.15. The molecule has 3 aromatic carbocycles. The van der Waals surface area contributed by atoms with Gasteiger partial charge in [-0.2, -0.15) is 0 Å². The van der Waals surface area contributed by atoms with E-state index in [0.717, 1.165) is 16.9 Å². The summed E-state index contributed by atoms with van der Waals surface area (Å²) in [5.74, 6) is 0.319. The van der Waals surface area contributed by atoms with Gasteiger partial charge in [0.15, 0.2) is 20.9 Å². The quantitative estimate of drug-likeness (QED) is 0.105. The number of benzene rings is 3. The molecule has 3 aromatic rings. The summed E-state index contributed by atoms with van der Waals surface area (Å²) in [5, 5.41) is -0.112. The Hall–Kier alpha value is -3.35. The van der Waals surface area contributed by atoms with Crippen molar-refractivity contribution in [3.63, 3.8) is 0 Å². The number of carbonyl (C=O) groups is 1. The predicted molar refractivity (Wildman–Crippen MR) is 184 cm³/mol. The molecule has 258 valence electrons. The molecule has 48 heavy (non-hydrogen) atoms. The summed E-state index contributed by atoms with van der Waals surface area (Å²) in [6.45, 7) is 15.4. The molecule has 9 nitrogen and oxygen atoms in total. The molecule has 0 bridgehead atoms. The Morgan fingerprint density at radius 3 is 2.31 bits per heavy atom. The highest BCUT2D eigenvalue weighted by atomic mass is 28.4. The van der Waals surface area contributed by atoms with Crippen molar-refractivity contribution in [1.29, 1.82) is 0 Å². The van der Waals surface area contributed by atoms with Gasteiger partial charge in [0.25, 0.3) is 0 Å². The topological polar surface area (TPSA) is 90.9 Å². The van der Waals surface area contributed by atoms with Crippen molar-refractivity contribution in [2.45, 2.75) is 89.1 Å². The fourth-order valence-electron chi connectivity index (χ4n) is 5.44. The van der Waals surface area contributed by atoms with E-state index in [0.29, 0.717) is 17.7 Å². The molecule has 0 N–H and O–H groups in total. The Balaban J connectivity index is 1.47. The van der Waals surface area contributed by atoms with Gasteiger partial charge in [0.2, 0.25) is 0 Å². The molecule has 6 atom stereocenters. The molecule has 2 aliphatic heterocycles. The fourth-order valence-corrected chi connectivity index (χ4v) is 6.72. The van der Waals surface area contributed by atoms with Crippen molar-refractivity contribution in [2.75, 3.05) is 20.3 Å². The van der Waals surface area contributed by atoms with E-state index >= 15 is 0 Å². The highest BCUT2D eigenvalue weighted by Crippen LogP contribution is 2.42. The molecule has 0 unspecified atom stereocenters. The molecule has 2 heterocycles. The van der Waals surface area contributed by atoms with Crippen molar-refractivity contribution < 1.29 is 42.4 Å². The lowest BCUT2D eigenvalue weighted by atomic mass is 9.97. The number of hydrogen-bond acceptors (Lipinski definition) is 9. The lowest BCUT2D eigenvalue weighted by Crippen LogP contribution is -2.65.